The Morgan fingerprint density at radius 1 is 1.35 bits per heavy atom. The lowest BCUT2D eigenvalue weighted by molar-refractivity contribution is -0.116. The maximum absolute atomic E-state index is 11.6. The summed E-state index contributed by atoms with van der Waals surface area (Å²) in [5, 5.41) is 2.82. The molecule has 4 heteroatoms. The highest BCUT2D eigenvalue weighted by molar-refractivity contribution is 5.91. The maximum Gasteiger partial charge on any atom is 0.244 e. The second-order valence-corrected chi connectivity index (χ2v) is 4.96. The number of carbonyl (C=O) groups is 1. The van der Waals surface area contributed by atoms with E-state index in [2.05, 4.69) is 48.2 Å². The first-order chi connectivity index (χ1) is 9.58. The summed E-state index contributed by atoms with van der Waals surface area (Å²) in [5.41, 5.74) is 3.45. The molecule has 1 aromatic rings. The van der Waals surface area contributed by atoms with E-state index in [1.54, 1.807) is 18.6 Å². The molecular weight excluding hydrogens is 250 g/mol. The fourth-order valence-electron chi connectivity index (χ4n) is 1.60. The molecule has 0 radical (unpaired) electrons. The summed E-state index contributed by atoms with van der Waals surface area (Å²) in [6.07, 6.45) is 12.8. The molecular formula is C16H23N3O. The zero-order valence-electron chi connectivity index (χ0n) is 12.4. The first-order valence-electron chi connectivity index (χ1n) is 6.81. The molecule has 20 heavy (non-hydrogen) atoms. The third kappa shape index (κ3) is 7.36. The van der Waals surface area contributed by atoms with Crippen LogP contribution in [0.3, 0.4) is 0 Å². The number of H-pyrrole nitrogens is 1. The van der Waals surface area contributed by atoms with Gasteiger partial charge in [0.1, 0.15) is 0 Å². The predicted molar refractivity (Wildman–Crippen MR) is 83.1 cm³/mol. The van der Waals surface area contributed by atoms with Crippen molar-refractivity contribution in [2.45, 2.75) is 33.6 Å². The molecule has 0 spiro atoms. The SMILES string of the molecule is CC(C)=CCC/C(C)=C/CNC(=O)/C=C/c1cnc[nH]1. The summed E-state index contributed by atoms with van der Waals surface area (Å²) in [4.78, 5) is 18.3. The summed E-state index contributed by atoms with van der Waals surface area (Å²) in [6.45, 7) is 6.86. The summed E-state index contributed by atoms with van der Waals surface area (Å²) in [7, 11) is 0. The molecule has 0 atom stereocenters. The van der Waals surface area contributed by atoms with Crippen LogP contribution in [0.4, 0.5) is 0 Å². The van der Waals surface area contributed by atoms with Crippen molar-refractivity contribution in [3.8, 4) is 0 Å². The Morgan fingerprint density at radius 2 is 2.15 bits per heavy atom. The van der Waals surface area contributed by atoms with E-state index in [4.69, 9.17) is 0 Å². The lowest BCUT2D eigenvalue weighted by Gasteiger charge is -2.01. The van der Waals surface area contributed by atoms with Crippen molar-refractivity contribution in [2.24, 2.45) is 0 Å². The number of hydrogen-bond donors (Lipinski definition) is 2. The first kappa shape index (κ1) is 16.0. The summed E-state index contributed by atoms with van der Waals surface area (Å²) in [6, 6.07) is 0. The highest BCUT2D eigenvalue weighted by Crippen LogP contribution is 2.05. The minimum absolute atomic E-state index is 0.104. The summed E-state index contributed by atoms with van der Waals surface area (Å²) in [5.74, 6) is -0.104. The number of allylic oxidation sites excluding steroid dienone is 3. The van der Waals surface area contributed by atoms with Gasteiger partial charge in [0, 0.05) is 12.6 Å². The Labute approximate surface area is 120 Å². The van der Waals surface area contributed by atoms with E-state index in [1.165, 1.54) is 17.2 Å². The van der Waals surface area contributed by atoms with Crippen LogP contribution >= 0.6 is 0 Å². The molecule has 0 aliphatic carbocycles. The Hall–Kier alpha value is -2.10. The van der Waals surface area contributed by atoms with Gasteiger partial charge < -0.3 is 10.3 Å². The molecule has 1 rings (SSSR count). The molecule has 1 aromatic heterocycles. The molecule has 1 amide bonds. The van der Waals surface area contributed by atoms with Crippen LogP contribution in [-0.4, -0.2) is 22.4 Å². The molecule has 0 saturated carbocycles. The normalized spacial score (nSPS) is 11.7. The van der Waals surface area contributed by atoms with Crippen molar-refractivity contribution in [1.82, 2.24) is 15.3 Å². The zero-order chi connectivity index (χ0) is 14.8. The minimum Gasteiger partial charge on any atom is -0.349 e. The Bertz CT molecular complexity index is 492. The largest absolute Gasteiger partial charge is 0.349 e. The molecule has 0 saturated heterocycles. The van der Waals surface area contributed by atoms with Gasteiger partial charge in [0.2, 0.25) is 5.91 Å². The first-order valence-corrected chi connectivity index (χ1v) is 6.81. The average molecular weight is 273 g/mol. The van der Waals surface area contributed by atoms with Crippen LogP contribution in [0.25, 0.3) is 6.08 Å². The van der Waals surface area contributed by atoms with Gasteiger partial charge in [0.05, 0.1) is 18.2 Å². The molecule has 0 bridgehead atoms. The highest BCUT2D eigenvalue weighted by Gasteiger charge is 1.94. The van der Waals surface area contributed by atoms with Crippen LogP contribution in [0.2, 0.25) is 0 Å². The number of aromatic nitrogens is 2. The van der Waals surface area contributed by atoms with E-state index in [0.717, 1.165) is 18.5 Å². The maximum atomic E-state index is 11.6. The van der Waals surface area contributed by atoms with E-state index >= 15 is 0 Å². The fraction of sp³-hybridized carbons (Fsp3) is 0.375. The Morgan fingerprint density at radius 3 is 2.80 bits per heavy atom. The Kier molecular flexibility index (Phi) is 7.11. The second-order valence-electron chi connectivity index (χ2n) is 4.96. The second kappa shape index (κ2) is 8.91. The van der Waals surface area contributed by atoms with Gasteiger partial charge in [0.25, 0.3) is 0 Å². The Balaban J connectivity index is 2.25. The van der Waals surface area contributed by atoms with Crippen molar-refractivity contribution >= 4 is 12.0 Å². The minimum atomic E-state index is -0.104. The number of hydrogen-bond acceptors (Lipinski definition) is 2. The monoisotopic (exact) mass is 273 g/mol. The predicted octanol–water partition coefficient (Wildman–Crippen LogP) is 3.23. The standard InChI is InChI=1S/C16H23N3O/c1-13(2)5-4-6-14(3)9-10-18-16(20)8-7-15-11-17-12-19-15/h5,7-9,11-12H,4,6,10H2,1-3H3,(H,17,19)(H,18,20)/b8-7+,14-9+. The molecule has 4 nitrogen and oxygen atoms in total. The number of imidazole rings is 1. The molecule has 0 aliphatic heterocycles. The van der Waals surface area contributed by atoms with Gasteiger partial charge in [0.15, 0.2) is 0 Å². The topological polar surface area (TPSA) is 57.8 Å². The third-order valence-electron chi connectivity index (χ3n) is 2.75. The molecule has 0 unspecified atom stereocenters. The van der Waals surface area contributed by atoms with Gasteiger partial charge in [-0.25, -0.2) is 4.98 Å². The van der Waals surface area contributed by atoms with Crippen LogP contribution in [0, 0.1) is 0 Å². The number of amides is 1. The van der Waals surface area contributed by atoms with Gasteiger partial charge in [-0.05, 0) is 39.7 Å². The molecule has 1 heterocycles. The van der Waals surface area contributed by atoms with Crippen LogP contribution in [0.15, 0.2) is 41.9 Å². The van der Waals surface area contributed by atoms with Crippen molar-refractivity contribution in [3.63, 3.8) is 0 Å². The summed E-state index contributed by atoms with van der Waals surface area (Å²) >= 11 is 0. The lowest BCUT2D eigenvalue weighted by Crippen LogP contribution is -2.20. The third-order valence-corrected chi connectivity index (χ3v) is 2.75. The van der Waals surface area contributed by atoms with E-state index in [-0.39, 0.29) is 5.91 Å². The van der Waals surface area contributed by atoms with Crippen LogP contribution in [-0.2, 0) is 4.79 Å². The van der Waals surface area contributed by atoms with Crippen LogP contribution < -0.4 is 5.32 Å². The van der Waals surface area contributed by atoms with E-state index < -0.39 is 0 Å². The lowest BCUT2D eigenvalue weighted by atomic mass is 10.1. The van der Waals surface area contributed by atoms with Crippen LogP contribution in [0.5, 0.6) is 0 Å². The van der Waals surface area contributed by atoms with Crippen LogP contribution in [0.1, 0.15) is 39.3 Å². The van der Waals surface area contributed by atoms with E-state index in [0.29, 0.717) is 6.54 Å². The fourth-order valence-corrected chi connectivity index (χ4v) is 1.60. The number of rotatable bonds is 7. The number of aromatic amines is 1. The molecule has 2 N–H and O–H groups in total. The number of nitrogens with zero attached hydrogens (tertiary/aromatic N) is 1. The molecule has 108 valence electrons. The van der Waals surface area contributed by atoms with Gasteiger partial charge in [-0.15, -0.1) is 0 Å². The van der Waals surface area contributed by atoms with Crippen molar-refractivity contribution in [1.29, 1.82) is 0 Å². The summed E-state index contributed by atoms with van der Waals surface area (Å²) < 4.78 is 0. The highest BCUT2D eigenvalue weighted by atomic mass is 16.1. The van der Waals surface area contributed by atoms with E-state index in [9.17, 15) is 4.79 Å². The zero-order valence-corrected chi connectivity index (χ0v) is 12.4. The quantitative estimate of drug-likeness (QED) is 0.592. The van der Waals surface area contributed by atoms with Crippen molar-refractivity contribution < 1.29 is 4.79 Å². The smallest absolute Gasteiger partial charge is 0.244 e. The number of carbonyl (C=O) groups excluding carboxylic acids is 1. The molecule has 0 fully saturated rings. The molecule has 0 aromatic carbocycles. The van der Waals surface area contributed by atoms with Crippen molar-refractivity contribution in [2.75, 3.05) is 6.54 Å². The van der Waals surface area contributed by atoms with Gasteiger partial charge in [-0.1, -0.05) is 23.3 Å². The van der Waals surface area contributed by atoms with Crippen molar-refractivity contribution in [3.05, 3.63) is 47.6 Å². The van der Waals surface area contributed by atoms with Gasteiger partial charge in [-0.2, -0.15) is 0 Å². The molecule has 0 aliphatic rings. The van der Waals surface area contributed by atoms with Gasteiger partial charge >= 0.3 is 0 Å². The number of nitrogens with one attached hydrogen (secondary N) is 2. The van der Waals surface area contributed by atoms with E-state index in [1.807, 2.05) is 0 Å². The van der Waals surface area contributed by atoms with Gasteiger partial charge in [-0.3, -0.25) is 4.79 Å². The average Bonchev–Trinajstić information content (AvgIpc) is 2.89.